The van der Waals surface area contributed by atoms with Gasteiger partial charge in [-0.15, -0.1) is 10.2 Å². The predicted molar refractivity (Wildman–Crippen MR) is 77.5 cm³/mol. The Kier molecular flexibility index (Phi) is 4.71. The van der Waals surface area contributed by atoms with Gasteiger partial charge in [-0.1, -0.05) is 0 Å². The fourth-order valence-electron chi connectivity index (χ4n) is 1.73. The van der Waals surface area contributed by atoms with E-state index < -0.39 is 0 Å². The number of aromatic nitrogens is 2. The molecular formula is C14H21N3OS. The average molecular weight is 279 g/mol. The second-order valence-corrected chi connectivity index (χ2v) is 6.46. The molecule has 0 saturated carbocycles. The summed E-state index contributed by atoms with van der Waals surface area (Å²) in [5.41, 5.74) is 1.40. The second kappa shape index (κ2) is 6.30. The van der Waals surface area contributed by atoms with Crippen molar-refractivity contribution < 1.29 is 4.42 Å². The molecule has 2 aromatic heterocycles. The van der Waals surface area contributed by atoms with E-state index in [1.807, 2.05) is 0 Å². The van der Waals surface area contributed by atoms with Crippen LogP contribution in [0.2, 0.25) is 0 Å². The van der Waals surface area contributed by atoms with Crippen LogP contribution in [0.1, 0.15) is 44.5 Å². The third kappa shape index (κ3) is 5.12. The van der Waals surface area contributed by atoms with Crippen LogP contribution in [0, 0.1) is 0 Å². The highest BCUT2D eigenvalue weighted by atomic mass is 32.1. The zero-order chi connectivity index (χ0) is 13.7. The molecule has 0 aliphatic carbocycles. The number of nitrogens with one attached hydrogen (secondary N) is 1. The standard InChI is InChI=1S/C14H21N3OS/c1-14(2,3)15-7-4-5-12-16-17-13(18-12)9-11-6-8-19-10-11/h6,8,10,15H,4-5,7,9H2,1-3H3. The van der Waals surface area contributed by atoms with E-state index in [1.54, 1.807) is 11.3 Å². The van der Waals surface area contributed by atoms with Gasteiger partial charge in [0.15, 0.2) is 0 Å². The smallest absolute Gasteiger partial charge is 0.220 e. The molecule has 0 aliphatic rings. The molecule has 2 heterocycles. The van der Waals surface area contributed by atoms with Crippen molar-refractivity contribution in [3.05, 3.63) is 34.2 Å². The summed E-state index contributed by atoms with van der Waals surface area (Å²) in [6, 6.07) is 2.09. The minimum absolute atomic E-state index is 0.166. The van der Waals surface area contributed by atoms with Crippen molar-refractivity contribution in [3.63, 3.8) is 0 Å². The van der Waals surface area contributed by atoms with E-state index in [4.69, 9.17) is 4.42 Å². The molecule has 0 fully saturated rings. The van der Waals surface area contributed by atoms with Gasteiger partial charge >= 0.3 is 0 Å². The molecule has 2 rings (SSSR count). The number of hydrogen-bond donors (Lipinski definition) is 1. The van der Waals surface area contributed by atoms with Gasteiger partial charge in [0.1, 0.15) is 0 Å². The highest BCUT2D eigenvalue weighted by Crippen LogP contribution is 2.12. The maximum Gasteiger partial charge on any atom is 0.220 e. The molecule has 2 aromatic rings. The van der Waals surface area contributed by atoms with Crippen LogP contribution in [0.4, 0.5) is 0 Å². The Bertz CT molecular complexity index is 485. The minimum atomic E-state index is 0.166. The van der Waals surface area contributed by atoms with E-state index in [0.29, 0.717) is 5.89 Å². The lowest BCUT2D eigenvalue weighted by Crippen LogP contribution is -2.36. The maximum atomic E-state index is 5.64. The lowest BCUT2D eigenvalue weighted by Gasteiger charge is -2.19. The summed E-state index contributed by atoms with van der Waals surface area (Å²) in [4.78, 5) is 0. The molecule has 0 radical (unpaired) electrons. The van der Waals surface area contributed by atoms with Gasteiger partial charge in [-0.25, -0.2) is 0 Å². The molecule has 0 bridgehead atoms. The first-order chi connectivity index (χ1) is 9.03. The Hall–Kier alpha value is -1.20. The van der Waals surface area contributed by atoms with Crippen molar-refractivity contribution in [2.75, 3.05) is 6.54 Å². The molecule has 0 aromatic carbocycles. The third-order valence-corrected chi connectivity index (χ3v) is 3.40. The van der Waals surface area contributed by atoms with Crippen LogP contribution in [0.3, 0.4) is 0 Å². The molecule has 0 atom stereocenters. The Morgan fingerprint density at radius 2 is 2.05 bits per heavy atom. The van der Waals surface area contributed by atoms with Gasteiger partial charge in [-0.05, 0) is 56.1 Å². The van der Waals surface area contributed by atoms with Crippen LogP contribution in [0.25, 0.3) is 0 Å². The second-order valence-electron chi connectivity index (χ2n) is 5.68. The summed E-state index contributed by atoms with van der Waals surface area (Å²) < 4.78 is 5.64. The van der Waals surface area contributed by atoms with E-state index in [0.717, 1.165) is 31.7 Å². The van der Waals surface area contributed by atoms with Crippen molar-refractivity contribution in [2.24, 2.45) is 0 Å². The summed E-state index contributed by atoms with van der Waals surface area (Å²) in [5, 5.41) is 15.8. The van der Waals surface area contributed by atoms with Crippen molar-refractivity contribution in [1.82, 2.24) is 15.5 Å². The molecular weight excluding hydrogens is 258 g/mol. The van der Waals surface area contributed by atoms with Crippen LogP contribution in [-0.2, 0) is 12.8 Å². The molecule has 0 saturated heterocycles. The van der Waals surface area contributed by atoms with E-state index in [-0.39, 0.29) is 5.54 Å². The first kappa shape index (κ1) is 14.2. The van der Waals surface area contributed by atoms with Crippen LogP contribution < -0.4 is 5.32 Å². The Labute approximate surface area is 118 Å². The summed E-state index contributed by atoms with van der Waals surface area (Å²) in [5.74, 6) is 1.44. The number of thiophene rings is 1. The summed E-state index contributed by atoms with van der Waals surface area (Å²) in [7, 11) is 0. The zero-order valence-corrected chi connectivity index (χ0v) is 12.6. The van der Waals surface area contributed by atoms with Gasteiger partial charge in [-0.2, -0.15) is 11.3 Å². The van der Waals surface area contributed by atoms with Crippen molar-refractivity contribution >= 4 is 11.3 Å². The monoisotopic (exact) mass is 279 g/mol. The topological polar surface area (TPSA) is 51.0 Å². The zero-order valence-electron chi connectivity index (χ0n) is 11.8. The average Bonchev–Trinajstić information content (AvgIpc) is 2.96. The van der Waals surface area contributed by atoms with E-state index in [9.17, 15) is 0 Å². The van der Waals surface area contributed by atoms with Crippen LogP contribution >= 0.6 is 11.3 Å². The molecule has 104 valence electrons. The highest BCUT2D eigenvalue weighted by molar-refractivity contribution is 7.07. The maximum absolute atomic E-state index is 5.64. The van der Waals surface area contributed by atoms with Gasteiger partial charge in [0.05, 0.1) is 6.42 Å². The van der Waals surface area contributed by atoms with Crippen LogP contribution in [0.15, 0.2) is 21.2 Å². The first-order valence-corrected chi connectivity index (χ1v) is 7.54. The summed E-state index contributed by atoms with van der Waals surface area (Å²) in [6.45, 7) is 7.46. The quantitative estimate of drug-likeness (QED) is 0.826. The first-order valence-electron chi connectivity index (χ1n) is 6.60. The Balaban J connectivity index is 1.75. The Morgan fingerprint density at radius 3 is 2.74 bits per heavy atom. The molecule has 0 spiro atoms. The van der Waals surface area contributed by atoms with Crippen LogP contribution in [0.5, 0.6) is 0 Å². The molecule has 5 heteroatoms. The predicted octanol–water partition coefficient (Wildman–Crippen LogP) is 3.04. The number of rotatable bonds is 6. The molecule has 19 heavy (non-hydrogen) atoms. The van der Waals surface area contributed by atoms with Crippen molar-refractivity contribution in [3.8, 4) is 0 Å². The Morgan fingerprint density at radius 1 is 1.26 bits per heavy atom. The summed E-state index contributed by atoms with van der Waals surface area (Å²) >= 11 is 1.69. The summed E-state index contributed by atoms with van der Waals surface area (Å²) in [6.07, 6.45) is 2.58. The minimum Gasteiger partial charge on any atom is -0.425 e. The molecule has 1 N–H and O–H groups in total. The van der Waals surface area contributed by atoms with E-state index in [1.165, 1.54) is 5.56 Å². The molecule has 0 aliphatic heterocycles. The number of hydrogen-bond acceptors (Lipinski definition) is 5. The van der Waals surface area contributed by atoms with Gasteiger partial charge in [0.25, 0.3) is 0 Å². The molecule has 0 unspecified atom stereocenters. The van der Waals surface area contributed by atoms with E-state index >= 15 is 0 Å². The number of aryl methyl sites for hydroxylation is 1. The molecule has 0 amide bonds. The normalized spacial score (nSPS) is 11.9. The lowest BCUT2D eigenvalue weighted by molar-refractivity contribution is 0.406. The van der Waals surface area contributed by atoms with Gasteiger partial charge < -0.3 is 9.73 Å². The lowest BCUT2D eigenvalue weighted by atomic mass is 10.1. The van der Waals surface area contributed by atoms with Crippen LogP contribution in [-0.4, -0.2) is 22.3 Å². The number of nitrogens with zero attached hydrogens (tertiary/aromatic N) is 2. The van der Waals surface area contributed by atoms with Gasteiger partial charge in [0, 0.05) is 12.0 Å². The third-order valence-electron chi connectivity index (χ3n) is 2.67. The van der Waals surface area contributed by atoms with Gasteiger partial charge in [0.2, 0.25) is 11.8 Å². The molecule has 4 nitrogen and oxygen atoms in total. The SMILES string of the molecule is CC(C)(C)NCCCc1nnc(Cc2ccsc2)o1. The fourth-order valence-corrected chi connectivity index (χ4v) is 2.40. The van der Waals surface area contributed by atoms with Crippen molar-refractivity contribution in [1.29, 1.82) is 0 Å². The van der Waals surface area contributed by atoms with Gasteiger partial charge in [-0.3, -0.25) is 0 Å². The van der Waals surface area contributed by atoms with E-state index in [2.05, 4.69) is 53.1 Å². The fraction of sp³-hybridized carbons (Fsp3) is 0.571. The highest BCUT2D eigenvalue weighted by Gasteiger charge is 2.09. The van der Waals surface area contributed by atoms with Crippen molar-refractivity contribution in [2.45, 2.75) is 45.6 Å². The largest absolute Gasteiger partial charge is 0.425 e.